The van der Waals surface area contributed by atoms with Crippen LogP contribution < -0.4 is 0 Å². The maximum atomic E-state index is 5.70. The smallest absolute Gasteiger partial charge is 0.110 e. The zero-order valence-electron chi connectivity index (χ0n) is 13.6. The molecule has 1 unspecified atom stereocenters. The first-order valence-corrected chi connectivity index (χ1v) is 8.00. The number of unbranched alkanes of at least 4 members (excludes halogenated alkanes) is 8. The minimum atomic E-state index is 0. The molecule has 1 atom stereocenters. The summed E-state index contributed by atoms with van der Waals surface area (Å²) in [6.07, 6.45) is 14.1. The highest BCUT2D eigenvalue weighted by atomic mass is 35.5. The summed E-state index contributed by atoms with van der Waals surface area (Å²) in [4.78, 5) is 2.19. The molecular weight excluding hydrogens is 258 g/mol. The summed E-state index contributed by atoms with van der Waals surface area (Å²) in [6.45, 7) is 5.17. The third-order valence-corrected chi connectivity index (χ3v) is 3.49. The molecule has 2 nitrogen and oxygen atoms in total. The van der Waals surface area contributed by atoms with Crippen molar-refractivity contribution in [3.63, 3.8) is 0 Å². The van der Waals surface area contributed by atoms with Crippen LogP contribution in [0.25, 0.3) is 0 Å². The molecule has 0 saturated heterocycles. The van der Waals surface area contributed by atoms with Crippen LogP contribution in [0.3, 0.4) is 0 Å². The molecule has 19 heavy (non-hydrogen) atoms. The lowest BCUT2D eigenvalue weighted by molar-refractivity contribution is -0.0362. The lowest BCUT2D eigenvalue weighted by atomic mass is 10.1. The molecule has 3 heteroatoms. The minimum Gasteiger partial charge on any atom is -0.363 e. The molecule has 0 N–H and O–H groups in total. The lowest BCUT2D eigenvalue weighted by Crippen LogP contribution is -2.30. The van der Waals surface area contributed by atoms with Gasteiger partial charge in [0.15, 0.2) is 0 Å². The van der Waals surface area contributed by atoms with E-state index in [1.165, 1.54) is 64.2 Å². The van der Waals surface area contributed by atoms with E-state index in [0.717, 1.165) is 6.61 Å². The van der Waals surface area contributed by atoms with Crippen LogP contribution in [0.5, 0.6) is 0 Å². The molecule has 0 aromatic carbocycles. The molecule has 0 rings (SSSR count). The van der Waals surface area contributed by atoms with Crippen molar-refractivity contribution >= 4 is 12.4 Å². The van der Waals surface area contributed by atoms with Crippen LogP contribution in [0.15, 0.2) is 0 Å². The molecular formula is C16H36ClNO. The normalized spacial score (nSPS) is 12.5. The van der Waals surface area contributed by atoms with Gasteiger partial charge in [0.2, 0.25) is 0 Å². The molecule has 0 aromatic heterocycles. The van der Waals surface area contributed by atoms with Crippen molar-refractivity contribution in [3.8, 4) is 0 Å². The van der Waals surface area contributed by atoms with Gasteiger partial charge in [-0.1, -0.05) is 58.3 Å². The fraction of sp³-hybridized carbons (Fsp3) is 1.00. The van der Waals surface area contributed by atoms with E-state index in [2.05, 4.69) is 32.8 Å². The molecule has 0 fully saturated rings. The highest BCUT2D eigenvalue weighted by Crippen LogP contribution is 2.13. The summed E-state index contributed by atoms with van der Waals surface area (Å²) >= 11 is 0. The number of hydrogen-bond acceptors (Lipinski definition) is 2. The molecule has 0 radical (unpaired) electrons. The Bertz CT molecular complexity index is 165. The molecule has 0 aliphatic heterocycles. The van der Waals surface area contributed by atoms with Crippen molar-refractivity contribution in [3.05, 3.63) is 0 Å². The highest BCUT2D eigenvalue weighted by molar-refractivity contribution is 5.85. The van der Waals surface area contributed by atoms with Crippen molar-refractivity contribution < 1.29 is 4.74 Å². The van der Waals surface area contributed by atoms with Gasteiger partial charge in [0.1, 0.15) is 6.23 Å². The van der Waals surface area contributed by atoms with Crippen LogP contribution in [-0.2, 0) is 4.74 Å². The average Bonchev–Trinajstić information content (AvgIpc) is 2.35. The van der Waals surface area contributed by atoms with Crippen LogP contribution in [0.4, 0.5) is 0 Å². The first kappa shape index (κ1) is 21.5. The van der Waals surface area contributed by atoms with Gasteiger partial charge >= 0.3 is 0 Å². The Morgan fingerprint density at radius 1 is 0.789 bits per heavy atom. The predicted molar refractivity (Wildman–Crippen MR) is 88.2 cm³/mol. The number of rotatable bonds is 13. The first-order chi connectivity index (χ1) is 8.72. The molecule has 0 spiro atoms. The Balaban J connectivity index is 0. The summed E-state index contributed by atoms with van der Waals surface area (Å²) < 4.78 is 5.70. The molecule has 118 valence electrons. The fourth-order valence-electron chi connectivity index (χ4n) is 2.31. The lowest BCUT2D eigenvalue weighted by Gasteiger charge is -2.23. The molecule has 0 aliphatic rings. The van der Waals surface area contributed by atoms with E-state index in [4.69, 9.17) is 4.74 Å². The minimum absolute atomic E-state index is 0. The molecule has 0 amide bonds. The quantitative estimate of drug-likeness (QED) is 0.339. The molecule has 0 bridgehead atoms. The maximum Gasteiger partial charge on any atom is 0.110 e. The first-order valence-electron chi connectivity index (χ1n) is 8.00. The predicted octanol–water partition coefficient (Wildman–Crippen LogP) is 5.25. The van der Waals surface area contributed by atoms with Crippen LogP contribution in [0.2, 0.25) is 0 Å². The van der Waals surface area contributed by atoms with Crippen LogP contribution in [0.1, 0.15) is 78.1 Å². The molecule has 0 saturated carbocycles. The Hall–Kier alpha value is 0.210. The maximum absolute atomic E-state index is 5.70. The summed E-state index contributed by atoms with van der Waals surface area (Å²) in [5, 5.41) is 0. The summed E-state index contributed by atoms with van der Waals surface area (Å²) in [5.41, 5.74) is 0. The largest absolute Gasteiger partial charge is 0.363 e. The van der Waals surface area contributed by atoms with Crippen molar-refractivity contribution in [2.24, 2.45) is 0 Å². The summed E-state index contributed by atoms with van der Waals surface area (Å²) in [5.74, 6) is 0. The number of nitrogens with zero attached hydrogens (tertiary/aromatic N) is 1. The van der Waals surface area contributed by atoms with Crippen LogP contribution in [-0.4, -0.2) is 31.8 Å². The second-order valence-corrected chi connectivity index (χ2v) is 5.49. The Labute approximate surface area is 127 Å². The number of halogens is 1. The van der Waals surface area contributed by atoms with E-state index >= 15 is 0 Å². The van der Waals surface area contributed by atoms with E-state index in [1.807, 2.05) is 0 Å². The van der Waals surface area contributed by atoms with Crippen molar-refractivity contribution in [1.29, 1.82) is 0 Å². The highest BCUT2D eigenvalue weighted by Gasteiger charge is 2.09. The van der Waals surface area contributed by atoms with E-state index in [1.54, 1.807) is 0 Å². The van der Waals surface area contributed by atoms with Gasteiger partial charge in [0.25, 0.3) is 0 Å². The second-order valence-electron chi connectivity index (χ2n) is 5.49. The zero-order valence-corrected chi connectivity index (χ0v) is 14.4. The summed E-state index contributed by atoms with van der Waals surface area (Å²) in [7, 11) is 4.21. The number of ether oxygens (including phenoxy) is 1. The van der Waals surface area contributed by atoms with Gasteiger partial charge in [-0.15, -0.1) is 12.4 Å². The SMILES string of the molecule is CCCCCCCCCCCC(OCC)N(C)C.Cl. The Kier molecular flexibility index (Phi) is 18.4. The van der Waals surface area contributed by atoms with E-state index in [0.29, 0.717) is 6.23 Å². The average molecular weight is 294 g/mol. The van der Waals surface area contributed by atoms with Crippen molar-refractivity contribution in [2.45, 2.75) is 84.3 Å². The Morgan fingerprint density at radius 3 is 1.68 bits per heavy atom. The third kappa shape index (κ3) is 14.4. The number of hydrogen-bond donors (Lipinski definition) is 0. The molecule has 0 aliphatic carbocycles. The van der Waals surface area contributed by atoms with Crippen molar-refractivity contribution in [2.75, 3.05) is 20.7 Å². The Morgan fingerprint density at radius 2 is 1.26 bits per heavy atom. The van der Waals surface area contributed by atoms with Gasteiger partial charge in [0.05, 0.1) is 0 Å². The van der Waals surface area contributed by atoms with Gasteiger partial charge in [-0.25, -0.2) is 0 Å². The van der Waals surface area contributed by atoms with Crippen LogP contribution >= 0.6 is 12.4 Å². The molecule has 0 aromatic rings. The molecule has 0 heterocycles. The fourth-order valence-corrected chi connectivity index (χ4v) is 2.31. The standard InChI is InChI=1S/C16H35NO.ClH/c1-5-7-8-9-10-11-12-13-14-15-16(17(3)4)18-6-2;/h16H,5-15H2,1-4H3;1H. The monoisotopic (exact) mass is 293 g/mol. The summed E-state index contributed by atoms with van der Waals surface area (Å²) in [6, 6.07) is 0. The topological polar surface area (TPSA) is 12.5 Å². The van der Waals surface area contributed by atoms with Gasteiger partial charge < -0.3 is 4.74 Å². The van der Waals surface area contributed by atoms with Crippen molar-refractivity contribution in [1.82, 2.24) is 4.90 Å². The van der Waals surface area contributed by atoms with Crippen LogP contribution in [0, 0.1) is 0 Å². The van der Waals surface area contributed by atoms with E-state index in [-0.39, 0.29) is 12.4 Å². The zero-order chi connectivity index (χ0) is 13.6. The van der Waals surface area contributed by atoms with Gasteiger partial charge in [-0.05, 0) is 33.9 Å². The van der Waals surface area contributed by atoms with E-state index < -0.39 is 0 Å². The third-order valence-electron chi connectivity index (χ3n) is 3.49. The van der Waals surface area contributed by atoms with Gasteiger partial charge in [0, 0.05) is 6.61 Å². The van der Waals surface area contributed by atoms with Gasteiger partial charge in [-0.2, -0.15) is 0 Å². The van der Waals surface area contributed by atoms with E-state index in [9.17, 15) is 0 Å². The van der Waals surface area contributed by atoms with Gasteiger partial charge in [-0.3, -0.25) is 4.90 Å². The second kappa shape index (κ2) is 16.3.